The summed E-state index contributed by atoms with van der Waals surface area (Å²) in [5.41, 5.74) is 3.01. The molecule has 1 aliphatic heterocycles. The maximum atomic E-state index is 3.41. The van der Waals surface area contributed by atoms with Crippen molar-refractivity contribution in [1.29, 1.82) is 0 Å². The molecule has 0 aliphatic carbocycles. The third-order valence-electron chi connectivity index (χ3n) is 3.00. The highest BCUT2D eigenvalue weighted by atomic mass is 35.5. The van der Waals surface area contributed by atoms with Crippen molar-refractivity contribution in [3.63, 3.8) is 0 Å². The first kappa shape index (κ1) is 10.5. The van der Waals surface area contributed by atoms with Crippen LogP contribution in [0.5, 0.6) is 0 Å². The van der Waals surface area contributed by atoms with E-state index in [0.29, 0.717) is 0 Å². The van der Waals surface area contributed by atoms with Crippen LogP contribution in [0.1, 0.15) is 11.1 Å². The molecule has 2 heteroatoms. The number of hydrogen-bond donors (Lipinski definition) is 1. The fraction of sp³-hybridized carbons (Fsp3) is 0.231. The quantitative estimate of drug-likeness (QED) is 0.719. The van der Waals surface area contributed by atoms with E-state index in [1.807, 2.05) is 0 Å². The second-order valence-electron chi connectivity index (χ2n) is 3.85. The van der Waals surface area contributed by atoms with Gasteiger partial charge in [-0.05, 0) is 34.9 Å². The molecule has 0 unspecified atom stereocenters. The summed E-state index contributed by atoms with van der Waals surface area (Å²) in [5.74, 6) is 0. The highest BCUT2D eigenvalue weighted by molar-refractivity contribution is 5.87. The fourth-order valence-electron chi connectivity index (χ4n) is 2.28. The van der Waals surface area contributed by atoms with Crippen LogP contribution in [0.2, 0.25) is 0 Å². The van der Waals surface area contributed by atoms with Crippen LogP contribution in [0.15, 0.2) is 36.4 Å². The lowest BCUT2D eigenvalue weighted by atomic mass is 9.94. The summed E-state index contributed by atoms with van der Waals surface area (Å²) in [5, 5.41) is 6.21. The van der Waals surface area contributed by atoms with Crippen LogP contribution >= 0.6 is 12.4 Å². The van der Waals surface area contributed by atoms with Gasteiger partial charge in [0.2, 0.25) is 0 Å². The number of halogens is 1. The molecule has 2 aromatic rings. The second kappa shape index (κ2) is 4.21. The van der Waals surface area contributed by atoms with Crippen molar-refractivity contribution in [3.8, 4) is 0 Å². The summed E-state index contributed by atoms with van der Waals surface area (Å²) >= 11 is 0. The molecular weight excluding hydrogens is 206 g/mol. The van der Waals surface area contributed by atoms with Crippen LogP contribution in [0.4, 0.5) is 0 Å². The van der Waals surface area contributed by atoms with E-state index in [9.17, 15) is 0 Å². The molecule has 0 saturated heterocycles. The number of hydrogen-bond acceptors (Lipinski definition) is 1. The number of rotatable bonds is 0. The summed E-state index contributed by atoms with van der Waals surface area (Å²) in [7, 11) is 0. The van der Waals surface area contributed by atoms with E-state index in [2.05, 4.69) is 41.7 Å². The van der Waals surface area contributed by atoms with Crippen molar-refractivity contribution in [1.82, 2.24) is 5.32 Å². The lowest BCUT2D eigenvalue weighted by Gasteiger charge is -2.18. The van der Waals surface area contributed by atoms with E-state index < -0.39 is 0 Å². The lowest BCUT2D eigenvalue weighted by Crippen LogP contribution is -2.23. The summed E-state index contributed by atoms with van der Waals surface area (Å²) < 4.78 is 0. The number of nitrogens with one attached hydrogen (secondary N) is 1. The van der Waals surface area contributed by atoms with Gasteiger partial charge in [-0.1, -0.05) is 36.4 Å². The van der Waals surface area contributed by atoms with Crippen molar-refractivity contribution >= 4 is 23.2 Å². The Balaban J connectivity index is 0.000000853. The first-order valence-electron chi connectivity index (χ1n) is 5.15. The molecular formula is C13H14ClN. The Kier molecular flexibility index (Phi) is 2.94. The monoisotopic (exact) mass is 219 g/mol. The summed E-state index contributed by atoms with van der Waals surface area (Å²) in [6.07, 6.45) is 1.16. The molecule has 0 spiro atoms. The Labute approximate surface area is 95.9 Å². The van der Waals surface area contributed by atoms with Crippen LogP contribution in [-0.2, 0) is 13.0 Å². The Morgan fingerprint density at radius 3 is 2.80 bits per heavy atom. The van der Waals surface area contributed by atoms with Gasteiger partial charge in [-0.2, -0.15) is 0 Å². The van der Waals surface area contributed by atoms with E-state index in [4.69, 9.17) is 0 Å². The topological polar surface area (TPSA) is 12.0 Å². The normalized spacial score (nSPS) is 14.4. The molecule has 3 rings (SSSR count). The van der Waals surface area contributed by atoms with Crippen LogP contribution in [0.25, 0.3) is 10.8 Å². The summed E-state index contributed by atoms with van der Waals surface area (Å²) in [4.78, 5) is 0. The highest BCUT2D eigenvalue weighted by Gasteiger charge is 2.10. The minimum Gasteiger partial charge on any atom is -0.312 e. The molecule has 1 aliphatic rings. The molecule has 0 amide bonds. The largest absolute Gasteiger partial charge is 0.312 e. The zero-order chi connectivity index (χ0) is 9.38. The van der Waals surface area contributed by atoms with Crippen molar-refractivity contribution in [2.75, 3.05) is 6.54 Å². The van der Waals surface area contributed by atoms with Crippen molar-refractivity contribution in [2.24, 2.45) is 0 Å². The zero-order valence-electron chi connectivity index (χ0n) is 8.49. The first-order valence-corrected chi connectivity index (χ1v) is 5.15. The summed E-state index contributed by atoms with van der Waals surface area (Å²) in [6.45, 7) is 2.14. The Bertz CT molecular complexity index is 479. The van der Waals surface area contributed by atoms with E-state index >= 15 is 0 Å². The molecule has 0 fully saturated rings. The van der Waals surface area contributed by atoms with Gasteiger partial charge in [0.25, 0.3) is 0 Å². The van der Waals surface area contributed by atoms with Crippen LogP contribution < -0.4 is 5.32 Å². The van der Waals surface area contributed by atoms with E-state index in [1.165, 1.54) is 16.3 Å². The molecule has 1 N–H and O–H groups in total. The standard InChI is InChI=1S/C13H13N.ClH/c1-2-4-12-10(3-1)5-6-11-9-14-8-7-13(11)12;/h1-6,14H,7-9H2;1H. The van der Waals surface area contributed by atoms with Gasteiger partial charge in [0, 0.05) is 6.54 Å². The van der Waals surface area contributed by atoms with Gasteiger partial charge >= 0.3 is 0 Å². The van der Waals surface area contributed by atoms with Crippen LogP contribution in [0, 0.1) is 0 Å². The molecule has 78 valence electrons. The predicted molar refractivity (Wildman–Crippen MR) is 66.6 cm³/mol. The van der Waals surface area contributed by atoms with E-state index in [1.54, 1.807) is 5.56 Å². The zero-order valence-corrected chi connectivity index (χ0v) is 9.31. The van der Waals surface area contributed by atoms with Gasteiger partial charge in [0.1, 0.15) is 0 Å². The van der Waals surface area contributed by atoms with Crippen molar-refractivity contribution in [3.05, 3.63) is 47.5 Å². The molecule has 0 radical (unpaired) electrons. The van der Waals surface area contributed by atoms with Crippen molar-refractivity contribution in [2.45, 2.75) is 13.0 Å². The van der Waals surface area contributed by atoms with Crippen LogP contribution in [0.3, 0.4) is 0 Å². The van der Waals surface area contributed by atoms with Gasteiger partial charge in [0.05, 0.1) is 0 Å². The van der Waals surface area contributed by atoms with Gasteiger partial charge in [-0.3, -0.25) is 0 Å². The van der Waals surface area contributed by atoms with Gasteiger partial charge < -0.3 is 5.32 Å². The average molecular weight is 220 g/mol. The maximum absolute atomic E-state index is 3.41. The van der Waals surface area contributed by atoms with Gasteiger partial charge in [0.15, 0.2) is 0 Å². The molecule has 0 atom stereocenters. The SMILES string of the molecule is Cl.c1ccc2c3c(ccc2c1)CNCC3. The maximum Gasteiger partial charge on any atom is 0.0208 e. The molecule has 0 saturated carbocycles. The number of fused-ring (bicyclic) bond motifs is 3. The fourth-order valence-corrected chi connectivity index (χ4v) is 2.28. The van der Waals surface area contributed by atoms with Gasteiger partial charge in [-0.25, -0.2) is 0 Å². The third kappa shape index (κ3) is 1.73. The van der Waals surface area contributed by atoms with E-state index in [-0.39, 0.29) is 12.4 Å². The molecule has 0 aromatic heterocycles. The smallest absolute Gasteiger partial charge is 0.0208 e. The first-order chi connectivity index (χ1) is 6.95. The minimum atomic E-state index is 0. The third-order valence-corrected chi connectivity index (χ3v) is 3.00. The molecule has 0 bridgehead atoms. The molecule has 2 aromatic carbocycles. The van der Waals surface area contributed by atoms with Crippen molar-refractivity contribution < 1.29 is 0 Å². The van der Waals surface area contributed by atoms with Gasteiger partial charge in [-0.15, -0.1) is 12.4 Å². The highest BCUT2D eigenvalue weighted by Crippen LogP contribution is 2.24. The Morgan fingerprint density at radius 1 is 1.00 bits per heavy atom. The van der Waals surface area contributed by atoms with E-state index in [0.717, 1.165) is 19.5 Å². The second-order valence-corrected chi connectivity index (χ2v) is 3.85. The predicted octanol–water partition coefficient (Wildman–Crippen LogP) is 2.91. The molecule has 1 nitrogen and oxygen atoms in total. The molecule has 15 heavy (non-hydrogen) atoms. The summed E-state index contributed by atoms with van der Waals surface area (Å²) in [6, 6.07) is 13.1. The molecule has 1 heterocycles. The van der Waals surface area contributed by atoms with Crippen LogP contribution in [-0.4, -0.2) is 6.54 Å². The average Bonchev–Trinajstić information content (AvgIpc) is 2.29. The lowest BCUT2D eigenvalue weighted by molar-refractivity contribution is 0.647. The number of benzene rings is 2. The Hall–Kier alpha value is -1.05. The Morgan fingerprint density at radius 2 is 1.87 bits per heavy atom. The minimum absolute atomic E-state index is 0.